The molecule has 0 saturated heterocycles. The molecule has 17 heavy (non-hydrogen) atoms. The van der Waals surface area contributed by atoms with E-state index in [1.807, 2.05) is 6.07 Å². The van der Waals surface area contributed by atoms with E-state index in [-0.39, 0.29) is 5.91 Å². The van der Waals surface area contributed by atoms with Crippen LogP contribution < -0.4 is 5.32 Å². The maximum Gasteiger partial charge on any atom is 0.223 e. The fraction of sp³-hybridized carbons (Fsp3) is 0.333. The molecule has 0 spiro atoms. The molecule has 0 radical (unpaired) electrons. The molecule has 1 N–H and O–H groups in total. The number of benzene rings is 1. The van der Waals surface area contributed by atoms with Crippen molar-refractivity contribution in [1.82, 2.24) is 4.90 Å². The standard InChI is InChI=1S/C12H14ClN3O/c1-16(2)12(17)6-7-15-11-5-3-4-10(13)9(11)8-14/h3-5,15H,6-7H2,1-2H3. The lowest BCUT2D eigenvalue weighted by atomic mass is 10.2. The molecule has 90 valence electrons. The van der Waals surface area contributed by atoms with Gasteiger partial charge in [0.15, 0.2) is 0 Å². The van der Waals surface area contributed by atoms with Crippen LogP contribution in [-0.4, -0.2) is 31.4 Å². The number of nitrogens with one attached hydrogen (secondary N) is 1. The lowest BCUT2D eigenvalue weighted by Crippen LogP contribution is -2.24. The van der Waals surface area contributed by atoms with Crippen molar-refractivity contribution >= 4 is 23.2 Å². The Bertz CT molecular complexity index is 452. The first-order valence-corrected chi connectivity index (χ1v) is 5.56. The van der Waals surface area contributed by atoms with Gasteiger partial charge in [0.2, 0.25) is 5.91 Å². The average molecular weight is 252 g/mol. The van der Waals surface area contributed by atoms with Crippen molar-refractivity contribution in [2.24, 2.45) is 0 Å². The summed E-state index contributed by atoms with van der Waals surface area (Å²) in [5.74, 6) is 0.0398. The van der Waals surface area contributed by atoms with Crippen LogP contribution in [0.2, 0.25) is 5.02 Å². The Morgan fingerprint density at radius 1 is 1.53 bits per heavy atom. The summed E-state index contributed by atoms with van der Waals surface area (Å²) in [5.41, 5.74) is 1.07. The molecule has 0 aliphatic rings. The Kier molecular flexibility index (Phi) is 4.80. The third-order valence-electron chi connectivity index (χ3n) is 2.28. The fourth-order valence-electron chi connectivity index (χ4n) is 1.31. The van der Waals surface area contributed by atoms with E-state index >= 15 is 0 Å². The molecule has 4 nitrogen and oxygen atoms in total. The van der Waals surface area contributed by atoms with Gasteiger partial charge >= 0.3 is 0 Å². The predicted octanol–water partition coefficient (Wildman–Crippen LogP) is 2.10. The minimum atomic E-state index is 0.0398. The number of nitrogens with zero attached hydrogens (tertiary/aromatic N) is 2. The van der Waals surface area contributed by atoms with Crippen molar-refractivity contribution in [3.8, 4) is 6.07 Å². The highest BCUT2D eigenvalue weighted by atomic mass is 35.5. The topological polar surface area (TPSA) is 56.1 Å². The second-order valence-electron chi connectivity index (χ2n) is 3.74. The molecule has 0 heterocycles. The average Bonchev–Trinajstić information content (AvgIpc) is 2.29. The van der Waals surface area contributed by atoms with Gasteiger partial charge in [0.1, 0.15) is 6.07 Å². The largest absolute Gasteiger partial charge is 0.383 e. The minimum absolute atomic E-state index is 0.0398. The first-order valence-electron chi connectivity index (χ1n) is 5.19. The van der Waals surface area contributed by atoms with Gasteiger partial charge in [-0.05, 0) is 12.1 Å². The van der Waals surface area contributed by atoms with E-state index in [4.69, 9.17) is 16.9 Å². The van der Waals surface area contributed by atoms with Crippen molar-refractivity contribution in [1.29, 1.82) is 5.26 Å². The maximum atomic E-state index is 11.3. The van der Waals surface area contributed by atoms with Crippen LogP contribution in [0.5, 0.6) is 0 Å². The Labute approximate surface area is 106 Å². The van der Waals surface area contributed by atoms with Crippen LogP contribution in [0.1, 0.15) is 12.0 Å². The van der Waals surface area contributed by atoms with Crippen molar-refractivity contribution in [3.63, 3.8) is 0 Å². The molecule has 0 aliphatic carbocycles. The maximum absolute atomic E-state index is 11.3. The van der Waals surface area contributed by atoms with Crippen LogP contribution in [0.15, 0.2) is 18.2 Å². The number of carbonyl (C=O) groups is 1. The van der Waals surface area contributed by atoms with Crippen LogP contribution in [0, 0.1) is 11.3 Å². The van der Waals surface area contributed by atoms with Crippen LogP contribution in [0.4, 0.5) is 5.69 Å². The summed E-state index contributed by atoms with van der Waals surface area (Å²) >= 11 is 5.88. The predicted molar refractivity (Wildman–Crippen MR) is 68.0 cm³/mol. The van der Waals surface area contributed by atoms with Gasteiger partial charge in [0, 0.05) is 27.1 Å². The molecule has 0 saturated carbocycles. The Balaban J connectivity index is 2.62. The summed E-state index contributed by atoms with van der Waals surface area (Å²) in [6, 6.07) is 7.23. The van der Waals surface area contributed by atoms with Crippen LogP contribution in [0.3, 0.4) is 0 Å². The highest BCUT2D eigenvalue weighted by molar-refractivity contribution is 6.32. The molecule has 0 unspecified atom stereocenters. The zero-order valence-electron chi connectivity index (χ0n) is 9.83. The van der Waals surface area contributed by atoms with Gasteiger partial charge < -0.3 is 10.2 Å². The van der Waals surface area contributed by atoms with E-state index in [1.165, 1.54) is 4.90 Å². The van der Waals surface area contributed by atoms with E-state index < -0.39 is 0 Å². The lowest BCUT2D eigenvalue weighted by Gasteiger charge is -2.12. The minimum Gasteiger partial charge on any atom is -0.383 e. The van der Waals surface area contributed by atoms with E-state index in [2.05, 4.69) is 5.32 Å². The lowest BCUT2D eigenvalue weighted by molar-refractivity contribution is -0.128. The zero-order valence-corrected chi connectivity index (χ0v) is 10.6. The number of hydrogen-bond donors (Lipinski definition) is 1. The molecule has 1 aromatic carbocycles. The van der Waals surface area contributed by atoms with Crippen LogP contribution >= 0.6 is 11.6 Å². The second kappa shape index (κ2) is 6.12. The van der Waals surface area contributed by atoms with Gasteiger partial charge in [-0.2, -0.15) is 5.26 Å². The highest BCUT2D eigenvalue weighted by Crippen LogP contribution is 2.23. The number of carbonyl (C=O) groups excluding carboxylic acids is 1. The second-order valence-corrected chi connectivity index (χ2v) is 4.15. The first-order chi connectivity index (χ1) is 8.06. The van der Waals surface area contributed by atoms with Crippen molar-refractivity contribution in [2.45, 2.75) is 6.42 Å². The van der Waals surface area contributed by atoms with Gasteiger partial charge in [-0.3, -0.25) is 4.79 Å². The summed E-state index contributed by atoms with van der Waals surface area (Å²) < 4.78 is 0. The number of rotatable bonds is 4. The summed E-state index contributed by atoms with van der Waals surface area (Å²) in [4.78, 5) is 12.9. The zero-order chi connectivity index (χ0) is 12.8. The molecule has 0 bridgehead atoms. The number of hydrogen-bond acceptors (Lipinski definition) is 3. The molecule has 1 rings (SSSR count). The van der Waals surface area contributed by atoms with Gasteiger partial charge in [-0.15, -0.1) is 0 Å². The molecule has 0 aliphatic heterocycles. The SMILES string of the molecule is CN(C)C(=O)CCNc1cccc(Cl)c1C#N. The monoisotopic (exact) mass is 251 g/mol. The first kappa shape index (κ1) is 13.3. The summed E-state index contributed by atoms with van der Waals surface area (Å²) in [7, 11) is 3.42. The van der Waals surface area contributed by atoms with Gasteiger partial charge in [0.05, 0.1) is 16.3 Å². The Morgan fingerprint density at radius 2 is 2.24 bits per heavy atom. The third kappa shape index (κ3) is 3.65. The fourth-order valence-corrected chi connectivity index (χ4v) is 1.53. The summed E-state index contributed by atoms with van der Waals surface area (Å²) in [5, 5.41) is 12.4. The molecular weight excluding hydrogens is 238 g/mol. The third-order valence-corrected chi connectivity index (χ3v) is 2.59. The molecule has 0 atom stereocenters. The Morgan fingerprint density at radius 3 is 2.82 bits per heavy atom. The summed E-state index contributed by atoms with van der Waals surface area (Å²) in [6.45, 7) is 0.478. The van der Waals surface area contributed by atoms with E-state index in [1.54, 1.807) is 32.3 Å². The van der Waals surface area contributed by atoms with Gasteiger partial charge in [-0.25, -0.2) is 0 Å². The van der Waals surface area contributed by atoms with E-state index in [0.29, 0.717) is 29.2 Å². The number of amides is 1. The summed E-state index contributed by atoms with van der Waals surface area (Å²) in [6.07, 6.45) is 0.379. The molecule has 0 aromatic heterocycles. The van der Waals surface area contributed by atoms with E-state index in [0.717, 1.165) is 0 Å². The van der Waals surface area contributed by atoms with Crippen molar-refractivity contribution in [2.75, 3.05) is 26.0 Å². The van der Waals surface area contributed by atoms with Crippen LogP contribution in [-0.2, 0) is 4.79 Å². The highest BCUT2D eigenvalue weighted by Gasteiger charge is 2.07. The van der Waals surface area contributed by atoms with Gasteiger partial charge in [0.25, 0.3) is 0 Å². The van der Waals surface area contributed by atoms with Crippen molar-refractivity contribution in [3.05, 3.63) is 28.8 Å². The molecular formula is C12H14ClN3O. The Hall–Kier alpha value is -1.73. The number of halogens is 1. The van der Waals surface area contributed by atoms with Crippen molar-refractivity contribution < 1.29 is 4.79 Å². The van der Waals surface area contributed by atoms with Crippen LogP contribution in [0.25, 0.3) is 0 Å². The molecule has 1 amide bonds. The smallest absolute Gasteiger partial charge is 0.223 e. The molecule has 5 heteroatoms. The van der Waals surface area contributed by atoms with Gasteiger partial charge in [-0.1, -0.05) is 17.7 Å². The molecule has 1 aromatic rings. The number of nitriles is 1. The molecule has 0 fully saturated rings. The number of anilines is 1. The normalized spacial score (nSPS) is 9.53. The quantitative estimate of drug-likeness (QED) is 0.892. The van der Waals surface area contributed by atoms with E-state index in [9.17, 15) is 4.79 Å².